The number of anilines is 3. The fourth-order valence-corrected chi connectivity index (χ4v) is 4.90. The average Bonchev–Trinajstić information content (AvgIpc) is 3.52. The molecule has 0 aliphatic carbocycles. The lowest BCUT2D eigenvalue weighted by Crippen LogP contribution is -2.30. The van der Waals surface area contributed by atoms with Gasteiger partial charge in [0.15, 0.2) is 5.82 Å². The first-order chi connectivity index (χ1) is 17.5. The second-order valence-corrected chi connectivity index (χ2v) is 10.1. The predicted octanol–water partition coefficient (Wildman–Crippen LogP) is 4.96. The van der Waals surface area contributed by atoms with E-state index in [0.29, 0.717) is 53.1 Å². The molecule has 3 aromatic heterocycles. The first kappa shape index (κ1) is 24.0. The molecule has 0 saturated carbocycles. The molecule has 36 heavy (non-hydrogen) atoms. The third kappa shape index (κ3) is 5.39. The minimum atomic E-state index is -0.0565. The van der Waals surface area contributed by atoms with E-state index in [9.17, 15) is 4.79 Å². The Labute approximate surface area is 217 Å². The van der Waals surface area contributed by atoms with Crippen molar-refractivity contribution in [2.24, 2.45) is 0 Å². The number of rotatable bonds is 8. The summed E-state index contributed by atoms with van der Waals surface area (Å²) >= 11 is 8.07. The molecule has 5 rings (SSSR count). The zero-order chi connectivity index (χ0) is 25.1. The van der Waals surface area contributed by atoms with Gasteiger partial charge in [0.2, 0.25) is 5.91 Å². The highest BCUT2D eigenvalue weighted by Gasteiger charge is 2.25. The van der Waals surface area contributed by atoms with Crippen molar-refractivity contribution in [2.45, 2.75) is 26.0 Å². The number of nitrogens with zero attached hydrogens (tertiary/aromatic N) is 5. The molecule has 9 nitrogen and oxygen atoms in total. The molecule has 0 radical (unpaired) electrons. The maximum absolute atomic E-state index is 11.9. The molecule has 1 unspecified atom stereocenters. The van der Waals surface area contributed by atoms with Crippen LogP contribution in [0, 0.1) is 6.92 Å². The van der Waals surface area contributed by atoms with Crippen molar-refractivity contribution < 1.29 is 9.53 Å². The van der Waals surface area contributed by atoms with E-state index in [1.165, 1.54) is 12.4 Å². The minimum Gasteiger partial charge on any atom is -0.485 e. The molecule has 0 bridgehead atoms. The number of aromatic nitrogens is 4. The van der Waals surface area contributed by atoms with Crippen LogP contribution in [0.15, 0.2) is 55.5 Å². The lowest BCUT2D eigenvalue weighted by atomic mass is 10.2. The van der Waals surface area contributed by atoms with E-state index >= 15 is 0 Å². The Balaban J connectivity index is 1.30. The van der Waals surface area contributed by atoms with Gasteiger partial charge in [-0.3, -0.25) is 4.79 Å². The van der Waals surface area contributed by atoms with Gasteiger partial charge in [0.05, 0.1) is 10.5 Å². The SMILES string of the molecule is C=CC(=O)N1CCC(Nc2ccc3ncnc(Nc4ccc(OCc5ncc(C)s5)c(Cl)c4)c3n2)C1. The van der Waals surface area contributed by atoms with Crippen molar-refractivity contribution in [1.82, 2.24) is 24.8 Å². The summed E-state index contributed by atoms with van der Waals surface area (Å²) in [4.78, 5) is 32.6. The maximum atomic E-state index is 11.9. The summed E-state index contributed by atoms with van der Waals surface area (Å²) in [5.41, 5.74) is 2.07. The molecule has 2 N–H and O–H groups in total. The third-order valence-corrected chi connectivity index (χ3v) is 6.91. The van der Waals surface area contributed by atoms with E-state index < -0.39 is 0 Å². The Bertz CT molecular complexity index is 1430. The zero-order valence-electron chi connectivity index (χ0n) is 19.6. The number of ether oxygens (including phenoxy) is 1. The molecule has 1 aliphatic rings. The van der Waals surface area contributed by atoms with E-state index in [0.717, 1.165) is 22.0 Å². The normalized spacial score (nSPS) is 15.2. The van der Waals surface area contributed by atoms with Crippen LogP contribution in [0.4, 0.5) is 17.3 Å². The van der Waals surface area contributed by atoms with Crippen LogP contribution in [-0.4, -0.2) is 49.9 Å². The summed E-state index contributed by atoms with van der Waals surface area (Å²) in [6.45, 7) is 7.23. The standard InChI is InChI=1S/C25H24ClN7O2S/c1-3-23(34)33-9-8-17(12-33)30-21-7-5-19-24(32-21)25(29-14-28-19)31-16-4-6-20(18(26)10-16)35-13-22-27-11-15(2)36-22/h3-7,10-11,14,17H,1,8-9,12-13H2,2H3,(H,30,32)(H,28,29,31). The van der Waals surface area contributed by atoms with E-state index in [2.05, 4.69) is 32.2 Å². The fourth-order valence-electron chi connectivity index (χ4n) is 3.97. The average molecular weight is 522 g/mol. The number of hydrogen-bond acceptors (Lipinski definition) is 9. The largest absolute Gasteiger partial charge is 0.485 e. The summed E-state index contributed by atoms with van der Waals surface area (Å²) in [7, 11) is 0. The van der Waals surface area contributed by atoms with E-state index in [4.69, 9.17) is 21.3 Å². The Morgan fingerprint density at radius 3 is 2.97 bits per heavy atom. The summed E-state index contributed by atoms with van der Waals surface area (Å²) in [6, 6.07) is 9.34. The van der Waals surface area contributed by atoms with Crippen LogP contribution >= 0.6 is 22.9 Å². The van der Waals surface area contributed by atoms with Gasteiger partial charge >= 0.3 is 0 Å². The molecule has 4 heterocycles. The first-order valence-electron chi connectivity index (χ1n) is 11.4. The number of benzene rings is 1. The van der Waals surface area contributed by atoms with Gasteiger partial charge in [0.1, 0.15) is 35.0 Å². The predicted molar refractivity (Wildman–Crippen MR) is 142 cm³/mol. The minimum absolute atomic E-state index is 0.0565. The number of amides is 1. The van der Waals surface area contributed by atoms with Gasteiger partial charge in [0.25, 0.3) is 0 Å². The van der Waals surface area contributed by atoms with Crippen LogP contribution < -0.4 is 15.4 Å². The molecule has 1 atom stereocenters. The molecule has 1 amide bonds. The number of carbonyl (C=O) groups is 1. The number of aryl methyl sites for hydroxylation is 1. The highest BCUT2D eigenvalue weighted by Crippen LogP contribution is 2.31. The summed E-state index contributed by atoms with van der Waals surface area (Å²) in [6.07, 6.45) is 5.50. The van der Waals surface area contributed by atoms with Crippen molar-refractivity contribution in [3.63, 3.8) is 0 Å². The summed E-state index contributed by atoms with van der Waals surface area (Å²) < 4.78 is 5.83. The van der Waals surface area contributed by atoms with E-state index in [1.807, 2.05) is 37.4 Å². The van der Waals surface area contributed by atoms with Crippen LogP contribution in [0.5, 0.6) is 5.75 Å². The van der Waals surface area contributed by atoms with Crippen LogP contribution in [0.1, 0.15) is 16.3 Å². The Kier molecular flexibility index (Phi) is 6.97. The lowest BCUT2D eigenvalue weighted by Gasteiger charge is -2.16. The van der Waals surface area contributed by atoms with Crippen molar-refractivity contribution in [1.29, 1.82) is 0 Å². The summed E-state index contributed by atoms with van der Waals surface area (Å²) in [5.74, 6) is 1.77. The van der Waals surface area contributed by atoms with Crippen LogP contribution in [0.3, 0.4) is 0 Å². The monoisotopic (exact) mass is 521 g/mol. The highest BCUT2D eigenvalue weighted by atomic mass is 35.5. The van der Waals surface area contributed by atoms with Crippen molar-refractivity contribution in [3.8, 4) is 5.75 Å². The number of likely N-dealkylation sites (tertiary alicyclic amines) is 1. The Morgan fingerprint density at radius 1 is 1.31 bits per heavy atom. The second kappa shape index (κ2) is 10.5. The smallest absolute Gasteiger partial charge is 0.246 e. The molecule has 1 saturated heterocycles. The molecule has 1 aromatic carbocycles. The van der Waals surface area contributed by atoms with Crippen LogP contribution in [0.2, 0.25) is 5.02 Å². The number of thiazole rings is 1. The van der Waals surface area contributed by atoms with Gasteiger partial charge in [-0.05, 0) is 49.8 Å². The van der Waals surface area contributed by atoms with Crippen molar-refractivity contribution >= 4 is 57.2 Å². The van der Waals surface area contributed by atoms with Gasteiger partial charge < -0.3 is 20.3 Å². The lowest BCUT2D eigenvalue weighted by molar-refractivity contribution is -0.125. The number of halogens is 1. The molecule has 184 valence electrons. The van der Waals surface area contributed by atoms with Crippen molar-refractivity contribution in [2.75, 3.05) is 23.7 Å². The number of carbonyl (C=O) groups excluding carboxylic acids is 1. The third-order valence-electron chi connectivity index (χ3n) is 5.72. The molecule has 4 aromatic rings. The van der Waals surface area contributed by atoms with E-state index in [1.54, 1.807) is 22.3 Å². The molecular weight excluding hydrogens is 498 g/mol. The molecular formula is C25H24ClN7O2S. The topological polar surface area (TPSA) is 105 Å². The number of pyridine rings is 1. The zero-order valence-corrected chi connectivity index (χ0v) is 21.1. The Morgan fingerprint density at radius 2 is 2.19 bits per heavy atom. The number of hydrogen-bond donors (Lipinski definition) is 2. The summed E-state index contributed by atoms with van der Waals surface area (Å²) in [5, 5.41) is 8.07. The maximum Gasteiger partial charge on any atom is 0.246 e. The van der Waals surface area contributed by atoms with Gasteiger partial charge in [-0.25, -0.2) is 19.9 Å². The molecule has 11 heteroatoms. The van der Waals surface area contributed by atoms with Crippen molar-refractivity contribution in [3.05, 3.63) is 70.4 Å². The number of fused-ring (bicyclic) bond motifs is 1. The van der Waals surface area contributed by atoms with E-state index in [-0.39, 0.29) is 11.9 Å². The van der Waals surface area contributed by atoms with Gasteiger partial charge in [0, 0.05) is 35.9 Å². The molecule has 0 spiro atoms. The molecule has 1 fully saturated rings. The fraction of sp³-hybridized carbons (Fsp3) is 0.240. The molecule has 1 aliphatic heterocycles. The van der Waals surface area contributed by atoms with Gasteiger partial charge in [-0.15, -0.1) is 11.3 Å². The highest BCUT2D eigenvalue weighted by molar-refractivity contribution is 7.11. The number of nitrogens with one attached hydrogen (secondary N) is 2. The van der Waals surface area contributed by atoms with Gasteiger partial charge in [-0.1, -0.05) is 18.2 Å². The quantitative estimate of drug-likeness (QED) is 0.313. The second-order valence-electron chi connectivity index (χ2n) is 8.33. The van der Waals surface area contributed by atoms with Gasteiger partial charge in [-0.2, -0.15) is 0 Å². The van der Waals surface area contributed by atoms with Crippen LogP contribution in [0.25, 0.3) is 11.0 Å². The Hall–Kier alpha value is -3.76. The van der Waals surface area contributed by atoms with Crippen LogP contribution in [-0.2, 0) is 11.4 Å². The first-order valence-corrected chi connectivity index (χ1v) is 12.6.